The van der Waals surface area contributed by atoms with E-state index in [1.54, 1.807) is 24.3 Å². The van der Waals surface area contributed by atoms with Gasteiger partial charge in [-0.3, -0.25) is 0 Å². The second kappa shape index (κ2) is 3.59. The Morgan fingerprint density at radius 2 is 2.29 bits per heavy atom. The molecule has 0 aliphatic heterocycles. The number of nitrogen functional groups attached to an aromatic ring is 1. The minimum atomic E-state index is 0.102. The normalized spacial score (nSPS) is 10.1. The average molecular weight is 211 g/mol. The van der Waals surface area contributed by atoms with Crippen molar-refractivity contribution in [1.82, 2.24) is 4.98 Å². The molecule has 0 saturated carbocycles. The quantitative estimate of drug-likeness (QED) is 0.828. The minimum Gasteiger partial charge on any atom is -0.415 e. The number of anilines is 1. The summed E-state index contributed by atoms with van der Waals surface area (Å²) in [6.45, 7) is 0. The Labute approximate surface area is 85.3 Å². The van der Waals surface area contributed by atoms with Crippen molar-refractivity contribution in [3.63, 3.8) is 0 Å². The van der Waals surface area contributed by atoms with Crippen molar-refractivity contribution >= 4 is 17.4 Å². The zero-order valence-corrected chi connectivity index (χ0v) is 7.86. The molecule has 0 aliphatic carbocycles. The minimum absolute atomic E-state index is 0.102. The van der Waals surface area contributed by atoms with Gasteiger partial charge in [0, 0.05) is 5.02 Å². The molecule has 1 aromatic carbocycles. The Morgan fingerprint density at radius 1 is 1.43 bits per heavy atom. The lowest BCUT2D eigenvalue weighted by atomic mass is 10.3. The molecule has 0 spiro atoms. The number of nitrogens with two attached hydrogens (primary N) is 1. The third-order valence-electron chi connectivity index (χ3n) is 1.50. The number of rotatable bonds is 2. The highest BCUT2D eigenvalue weighted by Gasteiger charge is 2.03. The molecule has 1 heterocycles. The maximum absolute atomic E-state index is 5.76. The highest BCUT2D eigenvalue weighted by atomic mass is 35.5. The van der Waals surface area contributed by atoms with E-state index in [1.165, 1.54) is 6.26 Å². The van der Waals surface area contributed by atoms with Gasteiger partial charge in [-0.05, 0) is 18.2 Å². The van der Waals surface area contributed by atoms with Gasteiger partial charge in [0.1, 0.15) is 12.0 Å². The first-order valence-electron chi connectivity index (χ1n) is 3.88. The van der Waals surface area contributed by atoms with Crippen LogP contribution in [0.3, 0.4) is 0 Å². The van der Waals surface area contributed by atoms with E-state index >= 15 is 0 Å². The van der Waals surface area contributed by atoms with Crippen LogP contribution < -0.4 is 10.5 Å². The molecule has 0 fully saturated rings. The first-order valence-corrected chi connectivity index (χ1v) is 4.26. The van der Waals surface area contributed by atoms with Crippen LogP contribution >= 0.6 is 11.6 Å². The maximum atomic E-state index is 5.76. The monoisotopic (exact) mass is 210 g/mol. The number of halogens is 1. The molecule has 0 atom stereocenters. The summed E-state index contributed by atoms with van der Waals surface area (Å²) in [6.07, 6.45) is 1.41. The molecule has 0 amide bonds. The lowest BCUT2D eigenvalue weighted by molar-refractivity contribution is 0.331. The Morgan fingerprint density at radius 3 is 2.93 bits per heavy atom. The Bertz CT molecular complexity index is 442. The van der Waals surface area contributed by atoms with Gasteiger partial charge in [0.2, 0.25) is 0 Å². The molecule has 2 aromatic rings. The molecule has 0 saturated heterocycles. The predicted molar refractivity (Wildman–Crippen MR) is 52.4 cm³/mol. The molecule has 0 bridgehead atoms. The van der Waals surface area contributed by atoms with Gasteiger partial charge in [-0.15, -0.1) is 0 Å². The van der Waals surface area contributed by atoms with Gasteiger partial charge in [0.25, 0.3) is 0 Å². The van der Waals surface area contributed by atoms with E-state index in [4.69, 9.17) is 26.5 Å². The van der Waals surface area contributed by atoms with Crippen LogP contribution in [-0.4, -0.2) is 4.98 Å². The fourth-order valence-corrected chi connectivity index (χ4v) is 1.13. The Kier molecular flexibility index (Phi) is 2.28. The summed E-state index contributed by atoms with van der Waals surface area (Å²) in [4.78, 5) is 3.78. The molecule has 5 heteroatoms. The molecule has 0 radical (unpaired) electrons. The van der Waals surface area contributed by atoms with Crippen LogP contribution in [0.15, 0.2) is 34.9 Å². The Balaban J connectivity index is 2.18. The number of aromatic nitrogens is 1. The van der Waals surface area contributed by atoms with Crippen molar-refractivity contribution in [1.29, 1.82) is 0 Å². The zero-order chi connectivity index (χ0) is 9.97. The van der Waals surface area contributed by atoms with Crippen molar-refractivity contribution in [3.8, 4) is 11.8 Å². The van der Waals surface area contributed by atoms with E-state index < -0.39 is 0 Å². The standard InChI is InChI=1S/C9H7ClN2O2/c10-6-2-1-3-7(4-6)14-9-12-8(11)5-13-9/h1-5H,11H2. The summed E-state index contributed by atoms with van der Waals surface area (Å²) >= 11 is 5.76. The van der Waals surface area contributed by atoms with Gasteiger partial charge >= 0.3 is 6.08 Å². The second-order valence-corrected chi connectivity index (χ2v) is 3.03. The highest BCUT2D eigenvalue weighted by molar-refractivity contribution is 6.30. The van der Waals surface area contributed by atoms with Gasteiger partial charge in [-0.2, -0.15) is 4.98 Å². The van der Waals surface area contributed by atoms with Crippen molar-refractivity contribution < 1.29 is 9.15 Å². The van der Waals surface area contributed by atoms with Crippen LogP contribution in [0.1, 0.15) is 0 Å². The van der Waals surface area contributed by atoms with Crippen molar-refractivity contribution in [3.05, 3.63) is 35.6 Å². The molecular formula is C9H7ClN2O2. The predicted octanol–water partition coefficient (Wildman–Crippen LogP) is 2.70. The van der Waals surface area contributed by atoms with Crippen molar-refractivity contribution in [2.24, 2.45) is 0 Å². The van der Waals surface area contributed by atoms with Gasteiger partial charge < -0.3 is 14.9 Å². The summed E-state index contributed by atoms with van der Waals surface area (Å²) < 4.78 is 10.1. The zero-order valence-electron chi connectivity index (χ0n) is 7.11. The van der Waals surface area contributed by atoms with E-state index in [1.807, 2.05) is 0 Å². The third kappa shape index (κ3) is 1.97. The van der Waals surface area contributed by atoms with E-state index in [-0.39, 0.29) is 11.9 Å². The fraction of sp³-hybridized carbons (Fsp3) is 0. The third-order valence-corrected chi connectivity index (χ3v) is 1.74. The number of hydrogen-bond acceptors (Lipinski definition) is 4. The van der Waals surface area contributed by atoms with Crippen molar-refractivity contribution in [2.45, 2.75) is 0 Å². The number of ether oxygens (including phenoxy) is 1. The van der Waals surface area contributed by atoms with E-state index in [0.29, 0.717) is 10.8 Å². The van der Waals surface area contributed by atoms with Gasteiger partial charge in [-0.25, -0.2) is 0 Å². The van der Waals surface area contributed by atoms with E-state index in [0.717, 1.165) is 0 Å². The summed E-state index contributed by atoms with van der Waals surface area (Å²) in [5, 5.41) is 0.585. The first-order chi connectivity index (χ1) is 6.74. The van der Waals surface area contributed by atoms with E-state index in [9.17, 15) is 0 Å². The molecule has 4 nitrogen and oxygen atoms in total. The molecule has 1 aromatic heterocycles. The number of oxazole rings is 1. The van der Waals surface area contributed by atoms with Crippen LogP contribution in [0, 0.1) is 0 Å². The summed E-state index contributed by atoms with van der Waals surface area (Å²) in [5.74, 6) is 0.835. The number of benzene rings is 1. The Hall–Kier alpha value is -1.68. The lowest BCUT2D eigenvalue weighted by Crippen LogP contribution is -1.86. The molecule has 14 heavy (non-hydrogen) atoms. The summed E-state index contributed by atoms with van der Waals surface area (Å²) in [5.41, 5.74) is 5.35. The molecular weight excluding hydrogens is 204 g/mol. The molecule has 2 rings (SSSR count). The van der Waals surface area contributed by atoms with Crippen molar-refractivity contribution in [2.75, 3.05) is 5.73 Å². The van der Waals surface area contributed by atoms with Crippen LogP contribution in [0.2, 0.25) is 5.02 Å². The average Bonchev–Trinajstić information content (AvgIpc) is 2.51. The number of nitrogens with zero attached hydrogens (tertiary/aromatic N) is 1. The highest BCUT2D eigenvalue weighted by Crippen LogP contribution is 2.23. The topological polar surface area (TPSA) is 61.3 Å². The van der Waals surface area contributed by atoms with Crippen LogP contribution in [0.4, 0.5) is 5.82 Å². The van der Waals surface area contributed by atoms with Gasteiger partial charge in [-0.1, -0.05) is 17.7 Å². The summed E-state index contributed by atoms with van der Waals surface area (Å²) in [6, 6.07) is 6.91. The smallest absolute Gasteiger partial charge is 0.401 e. The lowest BCUT2D eigenvalue weighted by Gasteiger charge is -1.99. The largest absolute Gasteiger partial charge is 0.415 e. The molecule has 0 unspecified atom stereocenters. The summed E-state index contributed by atoms with van der Waals surface area (Å²) in [7, 11) is 0. The first kappa shape index (κ1) is 8.90. The van der Waals surface area contributed by atoms with Crippen LogP contribution in [0.25, 0.3) is 0 Å². The fourth-order valence-electron chi connectivity index (χ4n) is 0.947. The van der Waals surface area contributed by atoms with Gasteiger partial charge in [0.05, 0.1) is 0 Å². The van der Waals surface area contributed by atoms with Crippen LogP contribution in [-0.2, 0) is 0 Å². The van der Waals surface area contributed by atoms with Gasteiger partial charge in [0.15, 0.2) is 5.82 Å². The number of hydrogen-bond donors (Lipinski definition) is 1. The van der Waals surface area contributed by atoms with E-state index in [2.05, 4.69) is 4.98 Å². The van der Waals surface area contributed by atoms with Crippen LogP contribution in [0.5, 0.6) is 11.8 Å². The molecule has 72 valence electrons. The molecule has 2 N–H and O–H groups in total. The molecule has 0 aliphatic rings. The second-order valence-electron chi connectivity index (χ2n) is 2.60. The maximum Gasteiger partial charge on any atom is 0.401 e. The SMILES string of the molecule is Nc1coc(Oc2cccc(Cl)c2)n1.